The molecule has 3 heterocycles. The van der Waals surface area contributed by atoms with Gasteiger partial charge in [-0.05, 0) is 57.8 Å². The molecule has 0 spiro atoms. The number of anilines is 2. The van der Waals surface area contributed by atoms with Gasteiger partial charge in [-0.1, -0.05) is 18.2 Å². The highest BCUT2D eigenvalue weighted by Gasteiger charge is 2.28. The van der Waals surface area contributed by atoms with Crippen molar-refractivity contribution in [2.45, 2.75) is 19.4 Å². The zero-order chi connectivity index (χ0) is 30.0. The Kier molecular flexibility index (Phi) is 8.07. The lowest BCUT2D eigenvalue weighted by Crippen LogP contribution is -2.37. The number of hydrogen-bond acceptors (Lipinski definition) is 6. The summed E-state index contributed by atoms with van der Waals surface area (Å²) in [7, 11) is 5.66. The highest BCUT2D eigenvalue weighted by atomic mass is 19.1. The van der Waals surface area contributed by atoms with Crippen LogP contribution in [0, 0.1) is 12.7 Å². The van der Waals surface area contributed by atoms with E-state index in [1.165, 1.54) is 29.1 Å². The van der Waals surface area contributed by atoms with Crippen LogP contribution in [-0.4, -0.2) is 69.3 Å². The van der Waals surface area contributed by atoms with Crippen molar-refractivity contribution in [2.24, 2.45) is 7.05 Å². The molecule has 1 atom stereocenters. The van der Waals surface area contributed by atoms with Gasteiger partial charge in [-0.3, -0.25) is 19.6 Å². The fourth-order valence-corrected chi connectivity index (χ4v) is 4.89. The van der Waals surface area contributed by atoms with E-state index in [4.69, 9.17) is 4.74 Å². The van der Waals surface area contributed by atoms with Gasteiger partial charge in [0, 0.05) is 50.2 Å². The molecule has 42 heavy (non-hydrogen) atoms. The van der Waals surface area contributed by atoms with Crippen LogP contribution in [0.1, 0.15) is 22.5 Å². The highest BCUT2D eigenvalue weighted by molar-refractivity contribution is 6.05. The Labute approximate surface area is 242 Å². The van der Waals surface area contributed by atoms with E-state index >= 15 is 4.39 Å². The maximum Gasteiger partial charge on any atom is 0.323 e. The van der Waals surface area contributed by atoms with Crippen molar-refractivity contribution in [1.29, 1.82) is 0 Å². The summed E-state index contributed by atoms with van der Waals surface area (Å²) in [6.07, 6.45) is 2.35. The third-order valence-electron chi connectivity index (χ3n) is 7.35. The second-order valence-corrected chi connectivity index (χ2v) is 10.3. The molecule has 4 aromatic rings. The van der Waals surface area contributed by atoms with Crippen molar-refractivity contribution in [2.75, 3.05) is 37.8 Å². The van der Waals surface area contributed by atoms with E-state index in [0.717, 1.165) is 12.5 Å². The van der Waals surface area contributed by atoms with Crippen LogP contribution in [0.3, 0.4) is 0 Å². The Balaban J connectivity index is 1.26. The van der Waals surface area contributed by atoms with Gasteiger partial charge in [0.2, 0.25) is 0 Å². The quantitative estimate of drug-likeness (QED) is 0.342. The van der Waals surface area contributed by atoms with Crippen LogP contribution in [0.2, 0.25) is 0 Å². The number of benzene rings is 2. The second-order valence-electron chi connectivity index (χ2n) is 10.3. The lowest BCUT2D eigenvalue weighted by Gasteiger charge is -2.20. The fraction of sp³-hybridized carbons (Fsp3) is 0.267. The van der Waals surface area contributed by atoms with Crippen molar-refractivity contribution >= 4 is 23.4 Å². The Morgan fingerprint density at radius 3 is 2.52 bits per heavy atom. The molecule has 2 aromatic carbocycles. The largest absolute Gasteiger partial charge is 0.454 e. The number of amides is 3. The van der Waals surface area contributed by atoms with Crippen molar-refractivity contribution in [1.82, 2.24) is 24.1 Å². The maximum atomic E-state index is 15.0. The van der Waals surface area contributed by atoms with E-state index in [2.05, 4.69) is 20.5 Å². The topological polar surface area (TPSA) is 114 Å². The summed E-state index contributed by atoms with van der Waals surface area (Å²) in [5.41, 5.74) is 0.710. The molecule has 1 aliphatic heterocycles. The molecule has 12 heteroatoms. The van der Waals surface area contributed by atoms with Crippen LogP contribution in [0.15, 0.2) is 71.7 Å². The van der Waals surface area contributed by atoms with Gasteiger partial charge in [0.1, 0.15) is 17.1 Å². The molecule has 0 unspecified atom stereocenters. The number of para-hydroxylation sites is 1. The van der Waals surface area contributed by atoms with Gasteiger partial charge >= 0.3 is 6.03 Å². The number of hydrogen-bond donors (Lipinski definition) is 2. The van der Waals surface area contributed by atoms with E-state index in [9.17, 15) is 14.4 Å². The third-order valence-corrected chi connectivity index (χ3v) is 7.35. The van der Waals surface area contributed by atoms with Crippen LogP contribution in [-0.2, 0) is 7.05 Å². The molecule has 0 aliphatic carbocycles. The van der Waals surface area contributed by atoms with Crippen LogP contribution in [0.25, 0.3) is 5.69 Å². The molecule has 11 nitrogen and oxygen atoms in total. The first kappa shape index (κ1) is 28.6. The number of nitrogens with one attached hydrogen (secondary N) is 2. The Hall–Kier alpha value is -4.97. The summed E-state index contributed by atoms with van der Waals surface area (Å²) >= 11 is 0. The number of aromatic nitrogens is 3. The highest BCUT2D eigenvalue weighted by Crippen LogP contribution is 2.28. The summed E-state index contributed by atoms with van der Waals surface area (Å²) in [6, 6.07) is 16.0. The predicted octanol–water partition coefficient (Wildman–Crippen LogP) is 4.23. The zero-order valence-corrected chi connectivity index (χ0v) is 23.8. The zero-order valence-electron chi connectivity index (χ0n) is 23.8. The molecule has 218 valence electrons. The van der Waals surface area contributed by atoms with Crippen molar-refractivity contribution < 1.29 is 18.7 Å². The van der Waals surface area contributed by atoms with Crippen molar-refractivity contribution in [3.63, 3.8) is 0 Å². The number of likely N-dealkylation sites (tertiary alicyclic amines) is 1. The Morgan fingerprint density at radius 1 is 1.07 bits per heavy atom. The SMILES string of the molecule is Cc1c(C(=O)Nc2ccc(Oc3ccnc(NC(=O)N4CC[C@@H](N(C)C)C4)c3)c(F)c2)c(=O)n(-c2ccccc2)n1C. The maximum absolute atomic E-state index is 15.0. The molecule has 1 fully saturated rings. The average molecular weight is 574 g/mol. The number of halogens is 1. The first-order valence-corrected chi connectivity index (χ1v) is 13.4. The van der Waals surface area contributed by atoms with E-state index < -0.39 is 17.3 Å². The first-order valence-electron chi connectivity index (χ1n) is 13.4. The Bertz CT molecular complexity index is 1680. The number of carbonyl (C=O) groups is 2. The molecule has 0 saturated carbocycles. The smallest absolute Gasteiger partial charge is 0.323 e. The minimum absolute atomic E-state index is 0.0420. The monoisotopic (exact) mass is 573 g/mol. The van der Waals surface area contributed by atoms with E-state index in [0.29, 0.717) is 30.5 Å². The first-order chi connectivity index (χ1) is 20.1. The molecule has 5 rings (SSSR count). The van der Waals surface area contributed by atoms with Gasteiger partial charge in [-0.2, -0.15) is 0 Å². The molecular formula is C30H32FN7O4. The van der Waals surface area contributed by atoms with Gasteiger partial charge in [0.25, 0.3) is 11.5 Å². The minimum Gasteiger partial charge on any atom is -0.454 e. The molecule has 2 N–H and O–H groups in total. The van der Waals surface area contributed by atoms with Crippen LogP contribution in [0.5, 0.6) is 11.5 Å². The summed E-state index contributed by atoms with van der Waals surface area (Å²) in [5, 5.41) is 5.37. The number of rotatable bonds is 7. The van der Waals surface area contributed by atoms with Gasteiger partial charge in [-0.25, -0.2) is 18.9 Å². The summed E-state index contributed by atoms with van der Waals surface area (Å²) in [4.78, 5) is 46.9. The average Bonchev–Trinajstić information content (AvgIpc) is 3.54. The van der Waals surface area contributed by atoms with E-state index in [-0.39, 0.29) is 34.6 Å². The second kappa shape index (κ2) is 11.9. The molecule has 1 saturated heterocycles. The lowest BCUT2D eigenvalue weighted by atomic mass is 10.2. The van der Waals surface area contributed by atoms with Gasteiger partial charge in [-0.15, -0.1) is 0 Å². The van der Waals surface area contributed by atoms with Gasteiger partial charge in [0.15, 0.2) is 11.6 Å². The lowest BCUT2D eigenvalue weighted by molar-refractivity contribution is 0.102. The summed E-state index contributed by atoms with van der Waals surface area (Å²) in [6.45, 7) is 2.94. The molecule has 2 aromatic heterocycles. The minimum atomic E-state index is -0.728. The number of carbonyl (C=O) groups excluding carboxylic acids is 2. The van der Waals surface area contributed by atoms with Gasteiger partial charge in [0.05, 0.1) is 11.4 Å². The van der Waals surface area contributed by atoms with Gasteiger partial charge < -0.3 is 19.9 Å². The standard InChI is InChI=1S/C30H32FN7O4/c1-19-27(29(40)38(36(19)4)21-8-6-5-7-9-21)28(39)33-20-10-11-25(24(31)16-20)42-23-12-14-32-26(17-23)34-30(41)37-15-13-22(18-37)35(2)3/h5-12,14,16-17,22H,13,15,18H2,1-4H3,(H,33,39)(H,32,34,41)/t22-/m1/s1. The number of urea groups is 1. The molecule has 0 bridgehead atoms. The molecule has 0 radical (unpaired) electrons. The fourth-order valence-electron chi connectivity index (χ4n) is 4.89. The third kappa shape index (κ3) is 5.88. The van der Waals surface area contributed by atoms with Crippen molar-refractivity contribution in [3.05, 3.63) is 94.3 Å². The molecule has 3 amide bonds. The number of ether oxygens (including phenoxy) is 1. The van der Waals surface area contributed by atoms with Crippen LogP contribution in [0.4, 0.5) is 20.7 Å². The number of pyridine rings is 1. The van der Waals surface area contributed by atoms with E-state index in [1.807, 2.05) is 20.2 Å². The van der Waals surface area contributed by atoms with Crippen LogP contribution < -0.4 is 20.9 Å². The summed E-state index contributed by atoms with van der Waals surface area (Å²) < 4.78 is 23.7. The molecule has 1 aliphatic rings. The van der Waals surface area contributed by atoms with Crippen molar-refractivity contribution in [3.8, 4) is 17.2 Å². The van der Waals surface area contributed by atoms with Crippen LogP contribution >= 0.6 is 0 Å². The summed E-state index contributed by atoms with van der Waals surface area (Å²) in [5.74, 6) is -0.930. The molecular weight excluding hydrogens is 541 g/mol. The Morgan fingerprint density at radius 2 is 1.83 bits per heavy atom. The predicted molar refractivity (Wildman–Crippen MR) is 157 cm³/mol. The normalized spacial score (nSPS) is 14.7. The number of nitrogens with zero attached hydrogens (tertiary/aromatic N) is 5. The van der Waals surface area contributed by atoms with E-state index in [1.54, 1.807) is 53.9 Å². The number of likely N-dealkylation sites (N-methyl/N-ethyl adjacent to an activating group) is 1.